The average Bonchev–Trinajstić information content (AvgIpc) is 3.12. The summed E-state index contributed by atoms with van der Waals surface area (Å²) in [5, 5.41) is 2.66. The van der Waals surface area contributed by atoms with Gasteiger partial charge in [-0.25, -0.2) is 9.18 Å². The minimum Gasteiger partial charge on any atom is -0.449 e. The van der Waals surface area contributed by atoms with Gasteiger partial charge in [-0.3, -0.25) is 0 Å². The maximum atomic E-state index is 13.7. The third kappa shape index (κ3) is 5.57. The molecule has 1 N–H and O–H groups in total. The van der Waals surface area contributed by atoms with Gasteiger partial charge in [0.15, 0.2) is 11.6 Å². The van der Waals surface area contributed by atoms with E-state index in [2.05, 4.69) is 22.2 Å². The summed E-state index contributed by atoms with van der Waals surface area (Å²) in [6, 6.07) is 19.3. The Labute approximate surface area is 193 Å². The summed E-state index contributed by atoms with van der Waals surface area (Å²) in [7, 11) is 0. The largest absolute Gasteiger partial charge is 0.573 e. The van der Waals surface area contributed by atoms with E-state index in [1.807, 2.05) is 36.4 Å². The second kappa shape index (κ2) is 9.99. The SMILES string of the molecule is O=C(NCCC=Cc1ccc(OC(F)(F)F)c(F)c1)OCC1c2ccccc2-c2ccccc21. The van der Waals surface area contributed by atoms with Crippen LogP contribution in [0.3, 0.4) is 0 Å². The van der Waals surface area contributed by atoms with Crippen LogP contribution >= 0.6 is 0 Å². The van der Waals surface area contributed by atoms with Crippen LogP contribution in [-0.4, -0.2) is 25.6 Å². The first-order valence-electron chi connectivity index (χ1n) is 10.6. The smallest absolute Gasteiger partial charge is 0.449 e. The minimum absolute atomic E-state index is 0.0303. The van der Waals surface area contributed by atoms with E-state index in [1.54, 1.807) is 12.2 Å². The van der Waals surface area contributed by atoms with Crippen LogP contribution in [0.15, 0.2) is 72.8 Å². The summed E-state index contributed by atoms with van der Waals surface area (Å²) in [4.78, 5) is 12.1. The van der Waals surface area contributed by atoms with Crippen LogP contribution in [0, 0.1) is 5.82 Å². The van der Waals surface area contributed by atoms with Gasteiger partial charge in [0.1, 0.15) is 6.61 Å². The zero-order valence-corrected chi connectivity index (χ0v) is 17.9. The highest BCUT2D eigenvalue weighted by atomic mass is 19.4. The van der Waals surface area contributed by atoms with Crippen LogP contribution in [0.4, 0.5) is 22.4 Å². The molecule has 0 fully saturated rings. The van der Waals surface area contributed by atoms with Gasteiger partial charge < -0.3 is 14.8 Å². The zero-order valence-electron chi connectivity index (χ0n) is 17.9. The molecule has 176 valence electrons. The van der Waals surface area contributed by atoms with E-state index in [0.29, 0.717) is 12.0 Å². The molecule has 0 radical (unpaired) electrons. The number of amides is 1. The molecular weight excluding hydrogens is 450 g/mol. The molecule has 0 saturated heterocycles. The molecule has 8 heteroatoms. The predicted octanol–water partition coefficient (Wildman–Crippen LogP) is 6.67. The lowest BCUT2D eigenvalue weighted by atomic mass is 9.98. The Morgan fingerprint density at radius 1 is 0.971 bits per heavy atom. The van der Waals surface area contributed by atoms with E-state index in [-0.39, 0.29) is 19.1 Å². The highest BCUT2D eigenvalue weighted by Crippen LogP contribution is 2.44. The molecule has 3 aromatic carbocycles. The quantitative estimate of drug-likeness (QED) is 0.309. The molecule has 3 aromatic rings. The van der Waals surface area contributed by atoms with Crippen LogP contribution in [-0.2, 0) is 4.74 Å². The number of carbonyl (C=O) groups is 1. The Kier molecular flexibility index (Phi) is 6.86. The lowest BCUT2D eigenvalue weighted by molar-refractivity contribution is -0.275. The summed E-state index contributed by atoms with van der Waals surface area (Å²) in [5.41, 5.74) is 4.91. The maximum Gasteiger partial charge on any atom is 0.573 e. The van der Waals surface area contributed by atoms with Gasteiger partial charge in [0, 0.05) is 12.5 Å². The lowest BCUT2D eigenvalue weighted by Crippen LogP contribution is -2.26. The van der Waals surface area contributed by atoms with Crippen LogP contribution < -0.4 is 10.1 Å². The summed E-state index contributed by atoms with van der Waals surface area (Å²) in [6.45, 7) is 0.492. The number of carbonyl (C=O) groups excluding carboxylic acids is 1. The molecule has 1 aliphatic rings. The molecule has 1 aliphatic carbocycles. The van der Waals surface area contributed by atoms with E-state index in [0.717, 1.165) is 34.4 Å². The third-order valence-electron chi connectivity index (χ3n) is 5.42. The number of ether oxygens (including phenoxy) is 2. The Hall–Kier alpha value is -3.81. The standard InChI is InChI=1S/C26H21F4NO3/c27-23-15-17(12-13-24(23)34-26(28,29)30)7-5-6-14-31-25(32)33-16-22-20-10-3-1-8-18(20)19-9-2-4-11-21(19)22/h1-5,7-13,15,22H,6,14,16H2,(H,31,32). The van der Waals surface area contributed by atoms with Crippen molar-refractivity contribution in [2.75, 3.05) is 13.2 Å². The summed E-state index contributed by atoms with van der Waals surface area (Å²) < 4.78 is 59.4. The second-order valence-corrected chi connectivity index (χ2v) is 7.68. The van der Waals surface area contributed by atoms with E-state index in [4.69, 9.17) is 4.74 Å². The third-order valence-corrected chi connectivity index (χ3v) is 5.42. The molecule has 1 amide bonds. The lowest BCUT2D eigenvalue weighted by Gasteiger charge is -2.14. The zero-order chi connectivity index (χ0) is 24.1. The van der Waals surface area contributed by atoms with Crippen molar-refractivity contribution >= 4 is 12.2 Å². The van der Waals surface area contributed by atoms with Gasteiger partial charge in [-0.15, -0.1) is 13.2 Å². The van der Waals surface area contributed by atoms with Gasteiger partial charge in [-0.05, 0) is 46.4 Å². The van der Waals surface area contributed by atoms with Gasteiger partial charge >= 0.3 is 12.5 Å². The summed E-state index contributed by atoms with van der Waals surface area (Å²) >= 11 is 0. The van der Waals surface area contributed by atoms with Crippen molar-refractivity contribution in [3.63, 3.8) is 0 Å². The average molecular weight is 471 g/mol. The number of alkyl halides is 3. The van der Waals surface area contributed by atoms with Crippen molar-refractivity contribution in [2.45, 2.75) is 18.7 Å². The minimum atomic E-state index is -4.96. The first-order chi connectivity index (χ1) is 16.3. The first kappa shape index (κ1) is 23.4. The van der Waals surface area contributed by atoms with Crippen molar-refractivity contribution in [2.24, 2.45) is 0 Å². The van der Waals surface area contributed by atoms with Crippen molar-refractivity contribution < 1.29 is 31.8 Å². The molecular formula is C26H21F4NO3. The highest BCUT2D eigenvalue weighted by Gasteiger charge is 2.32. The Balaban J connectivity index is 1.24. The summed E-state index contributed by atoms with van der Waals surface area (Å²) in [5.74, 6) is -2.03. The molecule has 0 aromatic heterocycles. The van der Waals surface area contributed by atoms with Crippen LogP contribution in [0.1, 0.15) is 29.0 Å². The molecule has 0 atom stereocenters. The van der Waals surface area contributed by atoms with E-state index < -0.39 is 24.0 Å². The summed E-state index contributed by atoms with van der Waals surface area (Å²) in [6.07, 6.45) is -1.87. The number of benzene rings is 3. The van der Waals surface area contributed by atoms with Crippen LogP contribution in [0.25, 0.3) is 17.2 Å². The first-order valence-corrected chi connectivity index (χ1v) is 10.6. The normalized spacial score (nSPS) is 12.9. The fourth-order valence-electron chi connectivity index (χ4n) is 3.95. The van der Waals surface area contributed by atoms with Crippen molar-refractivity contribution in [1.29, 1.82) is 0 Å². The molecule has 0 spiro atoms. The van der Waals surface area contributed by atoms with Gasteiger partial charge in [-0.2, -0.15) is 0 Å². The number of hydrogen-bond acceptors (Lipinski definition) is 3. The highest BCUT2D eigenvalue weighted by molar-refractivity contribution is 5.79. The monoisotopic (exact) mass is 471 g/mol. The molecule has 0 saturated carbocycles. The van der Waals surface area contributed by atoms with Gasteiger partial charge in [0.2, 0.25) is 0 Å². The fraction of sp³-hybridized carbons (Fsp3) is 0.192. The van der Waals surface area contributed by atoms with Crippen molar-refractivity contribution in [3.8, 4) is 16.9 Å². The molecule has 4 rings (SSSR count). The Morgan fingerprint density at radius 2 is 1.62 bits per heavy atom. The van der Waals surface area contributed by atoms with Gasteiger partial charge in [-0.1, -0.05) is 66.7 Å². The van der Waals surface area contributed by atoms with E-state index in [1.165, 1.54) is 6.07 Å². The number of nitrogens with one attached hydrogen (secondary N) is 1. The molecule has 34 heavy (non-hydrogen) atoms. The molecule has 0 aliphatic heterocycles. The topological polar surface area (TPSA) is 47.6 Å². The van der Waals surface area contributed by atoms with Gasteiger partial charge in [0.05, 0.1) is 0 Å². The van der Waals surface area contributed by atoms with E-state index in [9.17, 15) is 22.4 Å². The maximum absolute atomic E-state index is 13.7. The molecule has 0 bridgehead atoms. The van der Waals surface area contributed by atoms with Crippen molar-refractivity contribution in [1.82, 2.24) is 5.32 Å². The van der Waals surface area contributed by atoms with Crippen LogP contribution in [0.2, 0.25) is 0 Å². The van der Waals surface area contributed by atoms with Crippen molar-refractivity contribution in [3.05, 3.63) is 95.3 Å². The predicted molar refractivity (Wildman–Crippen MR) is 120 cm³/mol. The van der Waals surface area contributed by atoms with Gasteiger partial charge in [0.25, 0.3) is 0 Å². The Bertz CT molecular complexity index is 1160. The number of hydrogen-bond donors (Lipinski definition) is 1. The van der Waals surface area contributed by atoms with Crippen LogP contribution in [0.5, 0.6) is 5.75 Å². The fourth-order valence-corrected chi connectivity index (χ4v) is 3.95. The number of halogens is 4. The number of fused-ring (bicyclic) bond motifs is 3. The molecule has 0 heterocycles. The van der Waals surface area contributed by atoms with E-state index >= 15 is 0 Å². The molecule has 0 unspecified atom stereocenters. The number of alkyl carbamates (subject to hydrolysis) is 1. The Morgan fingerprint density at radius 3 is 2.24 bits per heavy atom. The molecule has 4 nitrogen and oxygen atoms in total. The number of rotatable bonds is 7. The second-order valence-electron chi connectivity index (χ2n) is 7.68.